The van der Waals surface area contributed by atoms with E-state index in [1.807, 2.05) is 17.0 Å². The van der Waals surface area contributed by atoms with Gasteiger partial charge in [0, 0.05) is 45.3 Å². The Bertz CT molecular complexity index is 1130. The molecule has 5 rings (SSSR count). The first kappa shape index (κ1) is 26.4. The first-order valence-corrected chi connectivity index (χ1v) is 14.1. The van der Waals surface area contributed by atoms with E-state index in [0.717, 1.165) is 45.6 Å². The number of hydrogen-bond donors (Lipinski definition) is 4. The number of aromatic nitrogens is 2. The summed E-state index contributed by atoms with van der Waals surface area (Å²) in [7, 11) is 0. The summed E-state index contributed by atoms with van der Waals surface area (Å²) in [4.78, 5) is 23.7. The molecule has 9 nitrogen and oxygen atoms in total. The fourth-order valence-corrected chi connectivity index (χ4v) is 6.51. The average Bonchev–Trinajstić information content (AvgIpc) is 2.94. The Kier molecular flexibility index (Phi) is 8.72. The SMILES string of the molecule is Cc1ccccc1CNc1ncc(C#N)c(NCC2C[C@H]3CCC[C@@H](C2)[C@@H]3NCC(=O)N2CCNCC2)n1. The second-order valence-corrected chi connectivity index (χ2v) is 11.1. The number of rotatable bonds is 9. The van der Waals surface area contributed by atoms with Crippen LogP contribution in [0.1, 0.15) is 48.8 Å². The normalized spacial score (nSPS) is 24.9. The van der Waals surface area contributed by atoms with E-state index in [2.05, 4.69) is 56.4 Å². The number of aryl methyl sites for hydroxylation is 1. The third kappa shape index (κ3) is 6.43. The van der Waals surface area contributed by atoms with Crippen molar-refractivity contribution >= 4 is 17.7 Å². The number of nitriles is 1. The standard InChI is InChI=1S/C29H40N8O/c1-20-5-2-3-6-24(20)17-34-29-35-18-25(15-30)28(36-29)33-16-21-13-22-7-4-8-23(14-21)27(22)32-19-26(38)37-11-9-31-10-12-37/h2-3,5-6,18,21-23,27,31-32H,4,7-14,16-17,19H2,1H3,(H2,33,34,35,36)/t21?,22-,23+,27-. The van der Waals surface area contributed by atoms with Gasteiger partial charge in [0.1, 0.15) is 17.5 Å². The Balaban J connectivity index is 1.15. The molecule has 1 aliphatic heterocycles. The van der Waals surface area contributed by atoms with E-state index < -0.39 is 0 Å². The summed E-state index contributed by atoms with van der Waals surface area (Å²) < 4.78 is 0. The van der Waals surface area contributed by atoms with Gasteiger partial charge in [0.2, 0.25) is 11.9 Å². The summed E-state index contributed by atoms with van der Waals surface area (Å²) in [6, 6.07) is 10.9. The maximum absolute atomic E-state index is 12.7. The minimum atomic E-state index is 0.230. The lowest BCUT2D eigenvalue weighted by molar-refractivity contribution is -0.131. The number of piperazine rings is 1. The fourth-order valence-electron chi connectivity index (χ4n) is 6.51. The molecule has 2 aromatic rings. The molecule has 1 saturated heterocycles. The molecule has 4 N–H and O–H groups in total. The van der Waals surface area contributed by atoms with Crippen LogP contribution in [0.3, 0.4) is 0 Å². The zero-order valence-corrected chi connectivity index (χ0v) is 22.4. The van der Waals surface area contributed by atoms with Gasteiger partial charge >= 0.3 is 0 Å². The van der Waals surface area contributed by atoms with Gasteiger partial charge in [-0.15, -0.1) is 0 Å². The highest BCUT2D eigenvalue weighted by molar-refractivity contribution is 5.78. The molecule has 0 radical (unpaired) electrons. The van der Waals surface area contributed by atoms with Crippen molar-refractivity contribution in [2.75, 3.05) is 49.9 Å². The molecule has 1 aromatic carbocycles. The molecular formula is C29H40N8O. The molecular weight excluding hydrogens is 476 g/mol. The number of hydrogen-bond acceptors (Lipinski definition) is 8. The molecule has 2 heterocycles. The van der Waals surface area contributed by atoms with Crippen LogP contribution >= 0.6 is 0 Å². The van der Waals surface area contributed by atoms with Crippen LogP contribution in [-0.4, -0.2) is 66.1 Å². The van der Waals surface area contributed by atoms with E-state index in [0.29, 0.717) is 54.2 Å². The molecule has 2 saturated carbocycles. The van der Waals surface area contributed by atoms with Crippen LogP contribution in [0.4, 0.5) is 11.8 Å². The second kappa shape index (κ2) is 12.5. The summed E-state index contributed by atoms with van der Waals surface area (Å²) in [5.41, 5.74) is 2.88. The lowest BCUT2D eigenvalue weighted by Crippen LogP contribution is -2.54. The number of benzene rings is 1. The van der Waals surface area contributed by atoms with Crippen molar-refractivity contribution in [2.45, 2.75) is 51.6 Å². The summed E-state index contributed by atoms with van der Waals surface area (Å²) in [6.07, 6.45) is 7.58. The summed E-state index contributed by atoms with van der Waals surface area (Å²) >= 11 is 0. The molecule has 38 heavy (non-hydrogen) atoms. The minimum Gasteiger partial charge on any atom is -0.369 e. The van der Waals surface area contributed by atoms with Crippen molar-refractivity contribution in [1.29, 1.82) is 5.26 Å². The van der Waals surface area contributed by atoms with E-state index in [1.54, 1.807) is 6.20 Å². The molecule has 1 amide bonds. The maximum Gasteiger partial charge on any atom is 0.236 e. The number of nitrogens with zero attached hydrogens (tertiary/aromatic N) is 4. The summed E-state index contributed by atoms with van der Waals surface area (Å²) in [6.45, 7) is 7.36. The molecule has 3 aliphatic rings. The van der Waals surface area contributed by atoms with Gasteiger partial charge in [-0.25, -0.2) is 4.98 Å². The van der Waals surface area contributed by atoms with Gasteiger partial charge in [-0.05, 0) is 61.5 Å². The number of carbonyl (C=O) groups excluding carboxylic acids is 1. The van der Waals surface area contributed by atoms with Crippen LogP contribution in [0, 0.1) is 36.0 Å². The predicted octanol–water partition coefficient (Wildman–Crippen LogP) is 2.90. The first-order chi connectivity index (χ1) is 18.6. The van der Waals surface area contributed by atoms with Crippen LogP contribution in [0.2, 0.25) is 0 Å². The average molecular weight is 517 g/mol. The highest BCUT2D eigenvalue weighted by Gasteiger charge is 2.40. The topological polar surface area (TPSA) is 118 Å². The first-order valence-electron chi connectivity index (χ1n) is 14.1. The van der Waals surface area contributed by atoms with Crippen LogP contribution in [-0.2, 0) is 11.3 Å². The Morgan fingerprint density at radius 2 is 1.92 bits per heavy atom. The van der Waals surface area contributed by atoms with Crippen molar-refractivity contribution in [3.05, 3.63) is 47.2 Å². The number of anilines is 2. The van der Waals surface area contributed by atoms with Gasteiger partial charge in [-0.2, -0.15) is 10.2 Å². The smallest absolute Gasteiger partial charge is 0.236 e. The van der Waals surface area contributed by atoms with E-state index in [1.165, 1.54) is 30.4 Å². The van der Waals surface area contributed by atoms with Crippen molar-refractivity contribution < 1.29 is 4.79 Å². The highest BCUT2D eigenvalue weighted by Crippen LogP contribution is 2.43. The third-order valence-electron chi connectivity index (χ3n) is 8.56. The van der Waals surface area contributed by atoms with Gasteiger partial charge in [-0.1, -0.05) is 30.7 Å². The molecule has 2 aliphatic carbocycles. The number of amides is 1. The van der Waals surface area contributed by atoms with Crippen LogP contribution in [0.25, 0.3) is 0 Å². The van der Waals surface area contributed by atoms with Crippen molar-refractivity contribution in [3.8, 4) is 6.07 Å². The molecule has 0 spiro atoms. The van der Waals surface area contributed by atoms with Crippen LogP contribution in [0.5, 0.6) is 0 Å². The number of nitrogens with one attached hydrogen (secondary N) is 4. The Morgan fingerprint density at radius 1 is 1.16 bits per heavy atom. The highest BCUT2D eigenvalue weighted by atomic mass is 16.2. The maximum atomic E-state index is 12.7. The Labute approximate surface area is 225 Å². The van der Waals surface area contributed by atoms with Crippen LogP contribution < -0.4 is 21.3 Å². The Hall–Kier alpha value is -3.22. The number of carbonyl (C=O) groups is 1. The molecule has 1 aromatic heterocycles. The van der Waals surface area contributed by atoms with E-state index in [4.69, 9.17) is 0 Å². The van der Waals surface area contributed by atoms with Gasteiger partial charge in [0.25, 0.3) is 0 Å². The van der Waals surface area contributed by atoms with Crippen molar-refractivity contribution in [1.82, 2.24) is 25.5 Å². The minimum absolute atomic E-state index is 0.230. The fraction of sp³-hybridized carbons (Fsp3) is 0.586. The van der Waals surface area contributed by atoms with E-state index in [9.17, 15) is 10.1 Å². The summed E-state index contributed by atoms with van der Waals surface area (Å²) in [5.74, 6) is 3.06. The van der Waals surface area contributed by atoms with Crippen molar-refractivity contribution in [3.63, 3.8) is 0 Å². The number of fused-ring (bicyclic) bond motifs is 2. The van der Waals surface area contributed by atoms with Crippen molar-refractivity contribution in [2.24, 2.45) is 17.8 Å². The quantitative estimate of drug-likeness (QED) is 0.402. The van der Waals surface area contributed by atoms with E-state index >= 15 is 0 Å². The third-order valence-corrected chi connectivity index (χ3v) is 8.56. The molecule has 1 unspecified atom stereocenters. The molecule has 2 bridgehead atoms. The molecule has 202 valence electrons. The molecule has 9 heteroatoms. The van der Waals surface area contributed by atoms with Gasteiger partial charge in [0.15, 0.2) is 0 Å². The van der Waals surface area contributed by atoms with Gasteiger partial charge < -0.3 is 26.2 Å². The second-order valence-electron chi connectivity index (χ2n) is 11.1. The monoisotopic (exact) mass is 516 g/mol. The predicted molar refractivity (Wildman–Crippen MR) is 149 cm³/mol. The van der Waals surface area contributed by atoms with Crippen LogP contribution in [0.15, 0.2) is 30.5 Å². The zero-order chi connectivity index (χ0) is 26.3. The van der Waals surface area contributed by atoms with Gasteiger partial charge in [0.05, 0.1) is 12.7 Å². The Morgan fingerprint density at radius 3 is 2.66 bits per heavy atom. The molecule has 3 fully saturated rings. The largest absolute Gasteiger partial charge is 0.369 e. The lowest BCUT2D eigenvalue weighted by atomic mass is 9.64. The molecule has 4 atom stereocenters. The zero-order valence-electron chi connectivity index (χ0n) is 22.4. The summed E-state index contributed by atoms with van der Waals surface area (Å²) in [5, 5.41) is 23.4. The van der Waals surface area contributed by atoms with E-state index in [-0.39, 0.29) is 5.91 Å². The lowest BCUT2D eigenvalue weighted by Gasteiger charge is -2.46. The van der Waals surface area contributed by atoms with Gasteiger partial charge in [-0.3, -0.25) is 4.79 Å².